The lowest BCUT2D eigenvalue weighted by Crippen LogP contribution is -2.50. The Morgan fingerprint density at radius 1 is 1.00 bits per heavy atom. The molecule has 2 aromatic carbocycles. The quantitative estimate of drug-likeness (QED) is 0.802. The topological polar surface area (TPSA) is 52.7 Å². The summed E-state index contributed by atoms with van der Waals surface area (Å²) in [5.41, 5.74) is 1.26. The average molecular weight is 387 g/mol. The van der Waals surface area contributed by atoms with Gasteiger partial charge in [0.05, 0.1) is 6.54 Å². The number of thioether (sulfide) groups is 1. The molecular formula is C20H22FN3O2S. The number of hydrogen-bond acceptors (Lipinski definition) is 4. The van der Waals surface area contributed by atoms with Crippen molar-refractivity contribution in [3.63, 3.8) is 0 Å². The van der Waals surface area contributed by atoms with E-state index in [1.54, 1.807) is 11.8 Å². The lowest BCUT2D eigenvalue weighted by Gasteiger charge is -2.34. The van der Waals surface area contributed by atoms with Gasteiger partial charge in [0, 0.05) is 42.3 Å². The molecule has 142 valence electrons. The monoisotopic (exact) mass is 387 g/mol. The number of nitrogens with zero attached hydrogens (tertiary/aromatic N) is 2. The Hall–Kier alpha value is -2.38. The molecule has 1 N–H and O–H groups in total. The van der Waals surface area contributed by atoms with Gasteiger partial charge in [-0.2, -0.15) is 0 Å². The molecule has 2 aromatic rings. The van der Waals surface area contributed by atoms with Gasteiger partial charge in [-0.15, -0.1) is 11.8 Å². The standard InChI is InChI=1S/C20H22FN3O2S/c1-27-18-8-2-15(3-9-18)20(26)24-12-10-23(11-13-24)14-19(25)22-17-6-4-16(21)5-7-17/h2-9H,10-14H2,1H3,(H,22,25). The summed E-state index contributed by atoms with van der Waals surface area (Å²) in [6.07, 6.45) is 2.00. The number of nitrogens with one attached hydrogen (secondary N) is 1. The van der Waals surface area contributed by atoms with Crippen molar-refractivity contribution in [1.82, 2.24) is 9.80 Å². The van der Waals surface area contributed by atoms with E-state index < -0.39 is 0 Å². The Kier molecular flexibility index (Phi) is 6.47. The Morgan fingerprint density at radius 2 is 1.63 bits per heavy atom. The Labute approximate surface area is 162 Å². The molecule has 5 nitrogen and oxygen atoms in total. The molecule has 0 unspecified atom stereocenters. The lowest BCUT2D eigenvalue weighted by atomic mass is 10.2. The third kappa shape index (κ3) is 5.30. The summed E-state index contributed by atoms with van der Waals surface area (Å²) in [5.74, 6) is -0.455. The molecule has 0 atom stereocenters. The molecule has 1 fully saturated rings. The molecule has 7 heteroatoms. The van der Waals surface area contributed by atoms with Crippen molar-refractivity contribution < 1.29 is 14.0 Å². The van der Waals surface area contributed by atoms with Gasteiger partial charge in [0.1, 0.15) is 5.82 Å². The first-order valence-electron chi connectivity index (χ1n) is 8.76. The summed E-state index contributed by atoms with van der Waals surface area (Å²) in [5, 5.41) is 2.76. The van der Waals surface area contributed by atoms with E-state index in [4.69, 9.17) is 0 Å². The molecule has 0 radical (unpaired) electrons. The minimum Gasteiger partial charge on any atom is -0.336 e. The van der Waals surface area contributed by atoms with Crippen LogP contribution in [-0.2, 0) is 4.79 Å². The molecule has 0 saturated carbocycles. The van der Waals surface area contributed by atoms with Crippen LogP contribution in [0.5, 0.6) is 0 Å². The van der Waals surface area contributed by atoms with Gasteiger partial charge in [-0.3, -0.25) is 14.5 Å². The fraction of sp³-hybridized carbons (Fsp3) is 0.300. The van der Waals surface area contributed by atoms with Crippen LogP contribution in [0.25, 0.3) is 0 Å². The van der Waals surface area contributed by atoms with Crippen LogP contribution in [0.3, 0.4) is 0 Å². The van der Waals surface area contributed by atoms with Crippen molar-refractivity contribution in [3.8, 4) is 0 Å². The maximum absolute atomic E-state index is 12.9. The number of amides is 2. The number of halogens is 1. The summed E-state index contributed by atoms with van der Waals surface area (Å²) in [7, 11) is 0. The third-order valence-corrected chi connectivity index (χ3v) is 5.24. The number of carbonyl (C=O) groups excluding carboxylic acids is 2. The van der Waals surface area contributed by atoms with E-state index in [1.807, 2.05) is 40.3 Å². The number of piperazine rings is 1. The number of hydrogen-bond donors (Lipinski definition) is 1. The zero-order valence-corrected chi connectivity index (χ0v) is 16.0. The van der Waals surface area contributed by atoms with Crippen molar-refractivity contribution in [2.75, 3.05) is 44.3 Å². The first kappa shape index (κ1) is 19.4. The average Bonchev–Trinajstić information content (AvgIpc) is 2.70. The van der Waals surface area contributed by atoms with Gasteiger partial charge in [0.25, 0.3) is 5.91 Å². The van der Waals surface area contributed by atoms with Gasteiger partial charge in [-0.25, -0.2) is 4.39 Å². The second-order valence-corrected chi connectivity index (χ2v) is 7.23. The first-order chi connectivity index (χ1) is 13.0. The zero-order chi connectivity index (χ0) is 19.2. The molecule has 3 rings (SSSR count). The zero-order valence-electron chi connectivity index (χ0n) is 15.2. The van der Waals surface area contributed by atoms with Crippen LogP contribution in [0, 0.1) is 5.82 Å². The molecule has 2 amide bonds. The van der Waals surface area contributed by atoms with Gasteiger partial charge in [-0.1, -0.05) is 0 Å². The van der Waals surface area contributed by atoms with E-state index in [9.17, 15) is 14.0 Å². The van der Waals surface area contributed by atoms with Crippen LogP contribution in [0.2, 0.25) is 0 Å². The highest BCUT2D eigenvalue weighted by Gasteiger charge is 2.23. The smallest absolute Gasteiger partial charge is 0.253 e. The van der Waals surface area contributed by atoms with Crippen molar-refractivity contribution in [1.29, 1.82) is 0 Å². The Bertz CT molecular complexity index is 788. The molecule has 0 aliphatic carbocycles. The van der Waals surface area contributed by atoms with E-state index in [0.29, 0.717) is 37.4 Å². The van der Waals surface area contributed by atoms with Gasteiger partial charge in [0.2, 0.25) is 5.91 Å². The molecule has 1 aliphatic rings. The summed E-state index contributed by atoms with van der Waals surface area (Å²) >= 11 is 1.64. The number of anilines is 1. The molecule has 0 spiro atoms. The predicted molar refractivity (Wildman–Crippen MR) is 106 cm³/mol. The van der Waals surface area contributed by atoms with E-state index in [-0.39, 0.29) is 24.2 Å². The normalized spacial score (nSPS) is 14.8. The van der Waals surface area contributed by atoms with Crippen LogP contribution < -0.4 is 5.32 Å². The van der Waals surface area contributed by atoms with Gasteiger partial charge in [0.15, 0.2) is 0 Å². The highest BCUT2D eigenvalue weighted by Crippen LogP contribution is 2.16. The van der Waals surface area contributed by atoms with Crippen LogP contribution in [0.4, 0.5) is 10.1 Å². The van der Waals surface area contributed by atoms with Crippen molar-refractivity contribution in [2.45, 2.75) is 4.90 Å². The highest BCUT2D eigenvalue weighted by atomic mass is 32.2. The van der Waals surface area contributed by atoms with Crippen LogP contribution >= 0.6 is 11.8 Å². The second-order valence-electron chi connectivity index (χ2n) is 6.35. The lowest BCUT2D eigenvalue weighted by molar-refractivity contribution is -0.117. The van der Waals surface area contributed by atoms with E-state index in [0.717, 1.165) is 4.90 Å². The van der Waals surface area contributed by atoms with Crippen molar-refractivity contribution in [3.05, 3.63) is 59.9 Å². The van der Waals surface area contributed by atoms with Gasteiger partial charge in [-0.05, 0) is 54.8 Å². The summed E-state index contributed by atoms with van der Waals surface area (Å²) < 4.78 is 12.9. The molecule has 1 heterocycles. The summed E-state index contributed by atoms with van der Waals surface area (Å²) in [6.45, 7) is 2.72. The van der Waals surface area contributed by atoms with Gasteiger partial charge < -0.3 is 10.2 Å². The number of benzene rings is 2. The van der Waals surface area contributed by atoms with Crippen LogP contribution in [0.15, 0.2) is 53.4 Å². The minimum atomic E-state index is -0.336. The summed E-state index contributed by atoms with van der Waals surface area (Å²) in [4.78, 5) is 29.7. The Morgan fingerprint density at radius 3 is 2.22 bits per heavy atom. The molecule has 27 heavy (non-hydrogen) atoms. The maximum Gasteiger partial charge on any atom is 0.253 e. The fourth-order valence-corrected chi connectivity index (χ4v) is 3.37. The maximum atomic E-state index is 12.9. The van der Waals surface area contributed by atoms with E-state index in [1.165, 1.54) is 24.3 Å². The molecule has 0 aromatic heterocycles. The first-order valence-corrected chi connectivity index (χ1v) is 9.99. The summed E-state index contributed by atoms with van der Waals surface area (Å²) in [6, 6.07) is 13.3. The van der Waals surface area contributed by atoms with E-state index >= 15 is 0 Å². The highest BCUT2D eigenvalue weighted by molar-refractivity contribution is 7.98. The minimum absolute atomic E-state index is 0.0260. The Balaban J connectivity index is 1.47. The van der Waals surface area contributed by atoms with Crippen LogP contribution in [0.1, 0.15) is 10.4 Å². The second kappa shape index (κ2) is 9.01. The predicted octanol–water partition coefficient (Wildman–Crippen LogP) is 2.94. The van der Waals surface area contributed by atoms with Crippen molar-refractivity contribution >= 4 is 29.3 Å². The fourth-order valence-electron chi connectivity index (χ4n) is 2.96. The van der Waals surface area contributed by atoms with Gasteiger partial charge >= 0.3 is 0 Å². The van der Waals surface area contributed by atoms with E-state index in [2.05, 4.69) is 5.32 Å². The number of carbonyl (C=O) groups is 2. The largest absolute Gasteiger partial charge is 0.336 e. The van der Waals surface area contributed by atoms with Crippen LogP contribution in [-0.4, -0.2) is 60.6 Å². The molecular weight excluding hydrogens is 365 g/mol. The SMILES string of the molecule is CSc1ccc(C(=O)N2CCN(CC(=O)Nc3ccc(F)cc3)CC2)cc1. The molecule has 1 aliphatic heterocycles. The third-order valence-electron chi connectivity index (χ3n) is 4.49. The number of rotatable bonds is 5. The van der Waals surface area contributed by atoms with Crippen molar-refractivity contribution in [2.24, 2.45) is 0 Å². The molecule has 0 bridgehead atoms. The molecule has 1 saturated heterocycles.